The van der Waals surface area contributed by atoms with Crippen molar-refractivity contribution in [2.24, 2.45) is 0 Å². The van der Waals surface area contributed by atoms with E-state index in [0.717, 1.165) is 12.6 Å². The molecule has 19 heavy (non-hydrogen) atoms. The second kappa shape index (κ2) is 9.14. The normalized spacial score (nSPS) is 12.6. The van der Waals surface area contributed by atoms with Crippen molar-refractivity contribution < 1.29 is 0 Å². The topological polar surface area (TPSA) is 12.0 Å². The highest BCUT2D eigenvalue weighted by Crippen LogP contribution is 2.13. The third-order valence-electron chi connectivity index (χ3n) is 3.62. The van der Waals surface area contributed by atoms with Crippen LogP contribution >= 0.6 is 0 Å². The highest BCUT2D eigenvalue weighted by Gasteiger charge is 2.06. The molecule has 0 saturated heterocycles. The molecule has 108 valence electrons. The van der Waals surface area contributed by atoms with E-state index >= 15 is 0 Å². The molecule has 0 amide bonds. The van der Waals surface area contributed by atoms with Gasteiger partial charge in [-0.1, -0.05) is 49.6 Å². The summed E-state index contributed by atoms with van der Waals surface area (Å²) < 4.78 is 0. The maximum atomic E-state index is 3.68. The lowest BCUT2D eigenvalue weighted by Crippen LogP contribution is -2.29. The molecule has 0 heterocycles. The Kier molecular flexibility index (Phi) is 7.81. The molecule has 1 nitrogen and oxygen atoms in total. The summed E-state index contributed by atoms with van der Waals surface area (Å²) in [4.78, 5) is 0. The lowest BCUT2D eigenvalue weighted by atomic mass is 9.99. The van der Waals surface area contributed by atoms with E-state index in [2.05, 4.69) is 51.2 Å². The van der Waals surface area contributed by atoms with Gasteiger partial charge in [-0.2, -0.15) is 0 Å². The van der Waals surface area contributed by atoms with Crippen LogP contribution in [0.15, 0.2) is 18.2 Å². The van der Waals surface area contributed by atoms with Crippen LogP contribution in [0.4, 0.5) is 0 Å². The van der Waals surface area contributed by atoms with E-state index in [1.807, 2.05) is 0 Å². The first-order valence-corrected chi connectivity index (χ1v) is 7.96. The molecule has 0 spiro atoms. The molecular weight excluding hydrogens is 230 g/mol. The van der Waals surface area contributed by atoms with Gasteiger partial charge in [0.25, 0.3) is 0 Å². The average Bonchev–Trinajstić information content (AvgIpc) is 2.34. The van der Waals surface area contributed by atoms with Crippen LogP contribution in [0.3, 0.4) is 0 Å². The number of nitrogens with one attached hydrogen (secondary N) is 1. The van der Waals surface area contributed by atoms with Crippen LogP contribution in [-0.2, 0) is 6.42 Å². The molecule has 0 aliphatic heterocycles. The lowest BCUT2D eigenvalue weighted by Gasteiger charge is -2.17. The van der Waals surface area contributed by atoms with Crippen molar-refractivity contribution in [2.45, 2.75) is 72.3 Å². The largest absolute Gasteiger partial charge is 0.314 e. The summed E-state index contributed by atoms with van der Waals surface area (Å²) in [6, 6.07) is 7.64. The minimum Gasteiger partial charge on any atom is -0.314 e. The van der Waals surface area contributed by atoms with Gasteiger partial charge in [0.05, 0.1) is 0 Å². The van der Waals surface area contributed by atoms with Crippen LogP contribution in [0, 0.1) is 13.8 Å². The molecule has 0 aliphatic carbocycles. The van der Waals surface area contributed by atoms with E-state index in [9.17, 15) is 0 Å². The first-order valence-electron chi connectivity index (χ1n) is 7.96. The molecule has 1 unspecified atom stereocenters. The zero-order valence-corrected chi connectivity index (χ0v) is 13.3. The van der Waals surface area contributed by atoms with Gasteiger partial charge in [0.2, 0.25) is 0 Å². The summed E-state index contributed by atoms with van der Waals surface area (Å²) in [5, 5.41) is 3.68. The smallest absolute Gasteiger partial charge is 0.00670 e. The summed E-state index contributed by atoms with van der Waals surface area (Å²) in [6.45, 7) is 10.1. The monoisotopic (exact) mass is 261 g/mol. The Balaban J connectivity index is 2.37. The Morgan fingerprint density at radius 3 is 2.21 bits per heavy atom. The molecule has 1 atom stereocenters. The summed E-state index contributed by atoms with van der Waals surface area (Å²) in [5.41, 5.74) is 4.29. The van der Waals surface area contributed by atoms with Gasteiger partial charge in [0.15, 0.2) is 0 Å². The van der Waals surface area contributed by atoms with Crippen molar-refractivity contribution in [3.05, 3.63) is 34.9 Å². The van der Waals surface area contributed by atoms with Crippen LogP contribution in [0.2, 0.25) is 0 Å². The van der Waals surface area contributed by atoms with Gasteiger partial charge >= 0.3 is 0 Å². The maximum Gasteiger partial charge on any atom is 0.00670 e. The van der Waals surface area contributed by atoms with Crippen LogP contribution in [0.1, 0.15) is 62.6 Å². The van der Waals surface area contributed by atoms with Gasteiger partial charge in [0.1, 0.15) is 0 Å². The summed E-state index contributed by atoms with van der Waals surface area (Å²) in [6.07, 6.45) is 7.65. The summed E-state index contributed by atoms with van der Waals surface area (Å²) in [7, 11) is 0. The fourth-order valence-electron chi connectivity index (χ4n) is 2.81. The summed E-state index contributed by atoms with van der Waals surface area (Å²) in [5.74, 6) is 0. The quantitative estimate of drug-likeness (QED) is 0.673. The van der Waals surface area contributed by atoms with Gasteiger partial charge in [-0.15, -0.1) is 0 Å². The van der Waals surface area contributed by atoms with Crippen LogP contribution in [-0.4, -0.2) is 12.6 Å². The van der Waals surface area contributed by atoms with Crippen molar-refractivity contribution in [3.8, 4) is 0 Å². The predicted molar refractivity (Wildman–Crippen MR) is 85.8 cm³/mol. The van der Waals surface area contributed by atoms with Crippen molar-refractivity contribution >= 4 is 0 Å². The minimum atomic E-state index is 0.718. The first-order chi connectivity index (χ1) is 9.15. The highest BCUT2D eigenvalue weighted by atomic mass is 14.9. The maximum absolute atomic E-state index is 3.68. The Labute approximate surface area is 119 Å². The van der Waals surface area contributed by atoms with E-state index in [0.29, 0.717) is 0 Å². The molecule has 1 heteroatoms. The average molecular weight is 261 g/mol. The molecule has 1 aromatic carbocycles. The Hall–Kier alpha value is -0.820. The van der Waals surface area contributed by atoms with Gasteiger partial charge < -0.3 is 5.32 Å². The molecular formula is C18H31N. The number of hydrogen-bond acceptors (Lipinski definition) is 1. The van der Waals surface area contributed by atoms with E-state index in [-0.39, 0.29) is 0 Å². The van der Waals surface area contributed by atoms with Gasteiger partial charge in [0, 0.05) is 6.04 Å². The van der Waals surface area contributed by atoms with E-state index in [1.165, 1.54) is 55.2 Å². The number of rotatable bonds is 9. The van der Waals surface area contributed by atoms with Crippen molar-refractivity contribution in [2.75, 3.05) is 6.54 Å². The highest BCUT2D eigenvalue weighted by molar-refractivity contribution is 5.28. The minimum absolute atomic E-state index is 0.718. The van der Waals surface area contributed by atoms with Crippen molar-refractivity contribution in [1.29, 1.82) is 0 Å². The second-order valence-corrected chi connectivity index (χ2v) is 5.83. The predicted octanol–water partition coefficient (Wildman–Crippen LogP) is 4.79. The van der Waals surface area contributed by atoms with Crippen LogP contribution in [0.5, 0.6) is 0 Å². The first kappa shape index (κ1) is 16.2. The standard InChI is InChI=1S/C18H31N/c1-5-8-18(19-11-6-2)10-7-9-17-13-15(3)12-16(4)14-17/h12-14,18-19H,5-11H2,1-4H3. The molecule has 1 rings (SSSR count). The van der Waals surface area contributed by atoms with E-state index in [4.69, 9.17) is 0 Å². The Morgan fingerprint density at radius 2 is 1.63 bits per heavy atom. The number of aryl methyl sites for hydroxylation is 3. The number of benzene rings is 1. The summed E-state index contributed by atoms with van der Waals surface area (Å²) >= 11 is 0. The van der Waals surface area contributed by atoms with Gasteiger partial charge in [-0.05, 0) is 58.1 Å². The molecule has 0 saturated carbocycles. The molecule has 0 radical (unpaired) electrons. The molecule has 0 aromatic heterocycles. The van der Waals surface area contributed by atoms with E-state index < -0.39 is 0 Å². The fourth-order valence-corrected chi connectivity index (χ4v) is 2.81. The molecule has 0 fully saturated rings. The zero-order chi connectivity index (χ0) is 14.1. The molecule has 1 aromatic rings. The lowest BCUT2D eigenvalue weighted by molar-refractivity contribution is 0.438. The number of hydrogen-bond donors (Lipinski definition) is 1. The Bertz CT molecular complexity index is 336. The zero-order valence-electron chi connectivity index (χ0n) is 13.3. The SMILES string of the molecule is CCCNC(CCC)CCCc1cc(C)cc(C)c1. The molecule has 0 bridgehead atoms. The molecule has 1 N–H and O–H groups in total. The van der Waals surface area contributed by atoms with Crippen molar-refractivity contribution in [3.63, 3.8) is 0 Å². The van der Waals surface area contributed by atoms with Gasteiger partial charge in [-0.25, -0.2) is 0 Å². The van der Waals surface area contributed by atoms with Crippen molar-refractivity contribution in [1.82, 2.24) is 5.32 Å². The van der Waals surface area contributed by atoms with Crippen LogP contribution < -0.4 is 5.32 Å². The van der Waals surface area contributed by atoms with E-state index in [1.54, 1.807) is 0 Å². The van der Waals surface area contributed by atoms with Crippen LogP contribution in [0.25, 0.3) is 0 Å². The fraction of sp³-hybridized carbons (Fsp3) is 0.667. The third kappa shape index (κ3) is 6.77. The van der Waals surface area contributed by atoms with Gasteiger partial charge in [-0.3, -0.25) is 0 Å². The third-order valence-corrected chi connectivity index (χ3v) is 3.62. The molecule has 0 aliphatic rings. The second-order valence-electron chi connectivity index (χ2n) is 5.83. The Morgan fingerprint density at radius 1 is 0.947 bits per heavy atom.